The van der Waals surface area contributed by atoms with Crippen LogP contribution in [0.2, 0.25) is 0 Å². The van der Waals surface area contributed by atoms with Crippen LogP contribution in [-0.2, 0) is 0 Å². The Balaban J connectivity index is 1.74. The lowest BCUT2D eigenvalue weighted by atomic mass is 9.92. The Morgan fingerprint density at radius 1 is 0.583 bits per heavy atom. The third-order valence-electron chi connectivity index (χ3n) is 4.22. The van der Waals surface area contributed by atoms with E-state index in [-0.39, 0.29) is 5.92 Å². The molecule has 0 spiro atoms. The number of furan rings is 1. The maximum Gasteiger partial charge on any atom is 0.135 e. The van der Waals surface area contributed by atoms with Gasteiger partial charge in [-0.05, 0) is 17.7 Å². The highest BCUT2D eigenvalue weighted by Crippen LogP contribution is 2.34. The average Bonchev–Trinajstić information content (AvgIpc) is 2.98. The minimum Gasteiger partial charge on any atom is -0.456 e. The first-order valence-corrected chi connectivity index (χ1v) is 8.18. The molecule has 0 saturated heterocycles. The second-order valence-electron chi connectivity index (χ2n) is 5.80. The fourth-order valence-electron chi connectivity index (χ4n) is 3.02. The standard InChI is InChI=1S/C23H18O/c1-2-5-11-18(10-4-1)20-14-8-9-15-21(20)23-17-16-22(24-23)19-12-6-3-7-13-19/h1-18H. The highest BCUT2D eigenvalue weighted by Gasteiger charge is 2.14. The van der Waals surface area contributed by atoms with Crippen LogP contribution < -0.4 is 0 Å². The lowest BCUT2D eigenvalue weighted by Gasteiger charge is -2.12. The SMILES string of the molecule is C1=CC=CC(c2ccccc2-c2ccc(-c3ccccc3)o2)C=C1. The summed E-state index contributed by atoms with van der Waals surface area (Å²) < 4.78 is 6.15. The quantitative estimate of drug-likeness (QED) is 0.547. The Hall–Kier alpha value is -3.06. The smallest absolute Gasteiger partial charge is 0.135 e. The number of hydrogen-bond donors (Lipinski definition) is 0. The van der Waals surface area contributed by atoms with Crippen LogP contribution in [0.15, 0.2) is 108 Å². The van der Waals surface area contributed by atoms with Gasteiger partial charge in [-0.15, -0.1) is 0 Å². The summed E-state index contributed by atoms with van der Waals surface area (Å²) in [6.07, 6.45) is 12.7. The van der Waals surface area contributed by atoms with E-state index in [9.17, 15) is 0 Å². The van der Waals surface area contributed by atoms with Crippen LogP contribution in [0.1, 0.15) is 11.5 Å². The van der Waals surface area contributed by atoms with Crippen molar-refractivity contribution in [2.24, 2.45) is 0 Å². The van der Waals surface area contributed by atoms with Crippen LogP contribution in [0, 0.1) is 0 Å². The number of rotatable bonds is 3. The van der Waals surface area contributed by atoms with Crippen molar-refractivity contribution in [2.45, 2.75) is 5.92 Å². The molecule has 1 aliphatic rings. The Kier molecular flexibility index (Phi) is 3.99. The van der Waals surface area contributed by atoms with E-state index < -0.39 is 0 Å². The molecular formula is C23H18O. The molecule has 1 heteroatoms. The largest absolute Gasteiger partial charge is 0.456 e. The lowest BCUT2D eigenvalue weighted by Crippen LogP contribution is -1.94. The van der Waals surface area contributed by atoms with Gasteiger partial charge in [0, 0.05) is 17.0 Å². The topological polar surface area (TPSA) is 13.1 Å². The van der Waals surface area contributed by atoms with Crippen LogP contribution >= 0.6 is 0 Å². The molecule has 116 valence electrons. The van der Waals surface area contributed by atoms with E-state index in [0.717, 1.165) is 22.6 Å². The maximum atomic E-state index is 6.15. The van der Waals surface area contributed by atoms with Gasteiger partial charge in [-0.2, -0.15) is 0 Å². The van der Waals surface area contributed by atoms with Gasteiger partial charge in [-0.1, -0.05) is 91.1 Å². The van der Waals surface area contributed by atoms with Crippen molar-refractivity contribution in [1.29, 1.82) is 0 Å². The van der Waals surface area contributed by atoms with Crippen LogP contribution in [0.5, 0.6) is 0 Å². The van der Waals surface area contributed by atoms with E-state index in [1.54, 1.807) is 0 Å². The molecule has 1 aliphatic carbocycles. The molecule has 0 unspecified atom stereocenters. The van der Waals surface area contributed by atoms with E-state index in [1.165, 1.54) is 5.56 Å². The predicted molar refractivity (Wildman–Crippen MR) is 99.7 cm³/mol. The maximum absolute atomic E-state index is 6.15. The first-order valence-electron chi connectivity index (χ1n) is 8.18. The predicted octanol–water partition coefficient (Wildman–Crippen LogP) is 6.38. The van der Waals surface area contributed by atoms with E-state index in [4.69, 9.17) is 4.42 Å². The van der Waals surface area contributed by atoms with Crippen molar-refractivity contribution >= 4 is 0 Å². The van der Waals surface area contributed by atoms with Crippen molar-refractivity contribution < 1.29 is 4.42 Å². The summed E-state index contributed by atoms with van der Waals surface area (Å²) in [5.41, 5.74) is 3.49. The molecule has 0 bridgehead atoms. The third-order valence-corrected chi connectivity index (χ3v) is 4.22. The van der Waals surface area contributed by atoms with Crippen molar-refractivity contribution in [3.8, 4) is 22.6 Å². The number of benzene rings is 2. The highest BCUT2D eigenvalue weighted by atomic mass is 16.3. The molecular weight excluding hydrogens is 292 g/mol. The van der Waals surface area contributed by atoms with Crippen molar-refractivity contribution in [1.82, 2.24) is 0 Å². The molecule has 0 aliphatic heterocycles. The zero-order chi connectivity index (χ0) is 16.2. The fraction of sp³-hybridized carbons (Fsp3) is 0.0435. The van der Waals surface area contributed by atoms with Crippen molar-refractivity contribution in [3.05, 3.63) is 109 Å². The summed E-state index contributed by atoms with van der Waals surface area (Å²) in [4.78, 5) is 0. The molecule has 1 heterocycles. The lowest BCUT2D eigenvalue weighted by molar-refractivity contribution is 0.596. The monoisotopic (exact) mass is 310 g/mol. The molecule has 2 aromatic carbocycles. The van der Waals surface area contributed by atoms with Gasteiger partial charge in [0.25, 0.3) is 0 Å². The summed E-state index contributed by atoms with van der Waals surface area (Å²) in [6.45, 7) is 0. The van der Waals surface area contributed by atoms with Crippen LogP contribution in [0.25, 0.3) is 22.6 Å². The Morgan fingerprint density at radius 3 is 2.04 bits per heavy atom. The molecule has 24 heavy (non-hydrogen) atoms. The van der Waals surface area contributed by atoms with Gasteiger partial charge < -0.3 is 4.42 Å². The van der Waals surface area contributed by atoms with E-state index in [2.05, 4.69) is 78.9 Å². The fourth-order valence-corrected chi connectivity index (χ4v) is 3.02. The van der Waals surface area contributed by atoms with Gasteiger partial charge in [0.15, 0.2) is 0 Å². The van der Waals surface area contributed by atoms with Gasteiger partial charge in [-0.3, -0.25) is 0 Å². The first kappa shape index (κ1) is 14.5. The molecule has 0 amide bonds. The van der Waals surface area contributed by atoms with Crippen molar-refractivity contribution in [3.63, 3.8) is 0 Å². The molecule has 1 aromatic heterocycles. The molecule has 3 aromatic rings. The average molecular weight is 310 g/mol. The summed E-state index contributed by atoms with van der Waals surface area (Å²) in [5.74, 6) is 2.05. The Labute approximate surface area is 142 Å². The van der Waals surface area contributed by atoms with Gasteiger partial charge in [0.1, 0.15) is 11.5 Å². The number of hydrogen-bond acceptors (Lipinski definition) is 1. The van der Waals surface area contributed by atoms with E-state index in [1.807, 2.05) is 24.3 Å². The summed E-state index contributed by atoms with van der Waals surface area (Å²) in [5, 5.41) is 0. The van der Waals surface area contributed by atoms with Gasteiger partial charge in [0.2, 0.25) is 0 Å². The second-order valence-corrected chi connectivity index (χ2v) is 5.80. The van der Waals surface area contributed by atoms with Crippen LogP contribution in [-0.4, -0.2) is 0 Å². The minimum absolute atomic E-state index is 0.251. The third kappa shape index (κ3) is 2.89. The zero-order valence-electron chi connectivity index (χ0n) is 13.3. The Bertz CT molecular complexity index is 894. The van der Waals surface area contributed by atoms with E-state index >= 15 is 0 Å². The molecule has 0 atom stereocenters. The summed E-state index contributed by atoms with van der Waals surface area (Å²) in [7, 11) is 0. The Morgan fingerprint density at radius 2 is 1.25 bits per heavy atom. The summed E-state index contributed by atoms with van der Waals surface area (Å²) in [6, 6.07) is 22.7. The summed E-state index contributed by atoms with van der Waals surface area (Å²) >= 11 is 0. The van der Waals surface area contributed by atoms with Crippen molar-refractivity contribution in [2.75, 3.05) is 0 Å². The van der Waals surface area contributed by atoms with Gasteiger partial charge in [-0.25, -0.2) is 0 Å². The minimum atomic E-state index is 0.251. The first-order chi connectivity index (χ1) is 11.9. The van der Waals surface area contributed by atoms with Crippen LogP contribution in [0.4, 0.5) is 0 Å². The number of allylic oxidation sites excluding steroid dienone is 6. The molecule has 0 radical (unpaired) electrons. The van der Waals surface area contributed by atoms with Gasteiger partial charge in [0.05, 0.1) is 0 Å². The molecule has 4 rings (SSSR count). The zero-order valence-corrected chi connectivity index (χ0v) is 13.3. The van der Waals surface area contributed by atoms with Crippen LogP contribution in [0.3, 0.4) is 0 Å². The molecule has 1 nitrogen and oxygen atoms in total. The second kappa shape index (κ2) is 6.59. The molecule has 0 saturated carbocycles. The normalized spacial score (nSPS) is 14.0. The van der Waals surface area contributed by atoms with E-state index in [0.29, 0.717) is 0 Å². The van der Waals surface area contributed by atoms with Gasteiger partial charge >= 0.3 is 0 Å². The highest BCUT2D eigenvalue weighted by molar-refractivity contribution is 5.68. The molecule has 0 fully saturated rings. The molecule has 0 N–H and O–H groups in total.